The number of aryl methyl sites for hydroxylation is 1. The van der Waals surface area contributed by atoms with Gasteiger partial charge in [-0.05, 0) is 42.3 Å². The first-order valence-electron chi connectivity index (χ1n) is 7.64. The van der Waals surface area contributed by atoms with Gasteiger partial charge in [-0.25, -0.2) is 17.2 Å². The fraction of sp³-hybridized carbons (Fsp3) is 0.294. The van der Waals surface area contributed by atoms with E-state index in [2.05, 4.69) is 5.32 Å². The second-order valence-electron chi connectivity index (χ2n) is 5.82. The molecule has 0 aromatic heterocycles. The average molecular weight is 389 g/mol. The van der Waals surface area contributed by atoms with Crippen molar-refractivity contribution in [3.63, 3.8) is 0 Å². The Bertz CT molecular complexity index is 861. The standard InChI is InChI=1S/C17H18F2N2O2S.ClH/c1-12-5-6-15(19)17(9-12)24(22,23)21-8-7-20-11-16(21)13-3-2-4-14(18)10-13;/h2-6,9-10,16,20H,7-8,11H2,1H3;1H. The van der Waals surface area contributed by atoms with Gasteiger partial charge >= 0.3 is 0 Å². The van der Waals surface area contributed by atoms with Crippen LogP contribution < -0.4 is 5.32 Å². The smallest absolute Gasteiger partial charge is 0.246 e. The van der Waals surface area contributed by atoms with Crippen LogP contribution in [0, 0.1) is 18.6 Å². The van der Waals surface area contributed by atoms with E-state index < -0.39 is 27.7 Å². The highest BCUT2D eigenvalue weighted by atomic mass is 35.5. The Kier molecular flexibility index (Phi) is 6.16. The molecular weight excluding hydrogens is 370 g/mol. The van der Waals surface area contributed by atoms with E-state index in [0.717, 1.165) is 6.07 Å². The summed E-state index contributed by atoms with van der Waals surface area (Å²) in [6, 6.07) is 9.26. The second kappa shape index (κ2) is 7.78. The van der Waals surface area contributed by atoms with Crippen molar-refractivity contribution in [1.29, 1.82) is 0 Å². The Morgan fingerprint density at radius 1 is 1.16 bits per heavy atom. The number of rotatable bonds is 3. The summed E-state index contributed by atoms with van der Waals surface area (Å²) in [4.78, 5) is -0.342. The van der Waals surface area contributed by atoms with Crippen LogP contribution in [0.5, 0.6) is 0 Å². The van der Waals surface area contributed by atoms with Gasteiger partial charge < -0.3 is 5.32 Å². The minimum absolute atomic E-state index is 0. The molecule has 0 aliphatic carbocycles. The highest BCUT2D eigenvalue weighted by Crippen LogP contribution is 2.30. The van der Waals surface area contributed by atoms with Crippen LogP contribution in [-0.4, -0.2) is 32.4 Å². The number of benzene rings is 2. The summed E-state index contributed by atoms with van der Waals surface area (Å²) in [5.41, 5.74) is 1.20. The normalized spacial score (nSPS) is 18.6. The number of nitrogens with one attached hydrogen (secondary N) is 1. The highest BCUT2D eigenvalue weighted by molar-refractivity contribution is 7.89. The molecule has 1 N–H and O–H groups in total. The first-order chi connectivity index (χ1) is 11.4. The fourth-order valence-electron chi connectivity index (χ4n) is 2.91. The van der Waals surface area contributed by atoms with Crippen LogP contribution >= 0.6 is 12.4 Å². The minimum atomic E-state index is -4.03. The highest BCUT2D eigenvalue weighted by Gasteiger charge is 2.36. The van der Waals surface area contributed by atoms with Gasteiger partial charge in [0.25, 0.3) is 0 Å². The fourth-order valence-corrected chi connectivity index (χ4v) is 4.67. The van der Waals surface area contributed by atoms with Crippen LogP contribution in [0.3, 0.4) is 0 Å². The molecule has 2 aromatic rings. The maximum absolute atomic E-state index is 14.1. The molecule has 1 aliphatic heterocycles. The van der Waals surface area contributed by atoms with Crippen molar-refractivity contribution in [2.75, 3.05) is 19.6 Å². The van der Waals surface area contributed by atoms with Gasteiger partial charge in [0.2, 0.25) is 10.0 Å². The van der Waals surface area contributed by atoms with Crippen LogP contribution in [0.25, 0.3) is 0 Å². The van der Waals surface area contributed by atoms with Crippen molar-refractivity contribution < 1.29 is 17.2 Å². The van der Waals surface area contributed by atoms with Crippen molar-refractivity contribution >= 4 is 22.4 Å². The maximum atomic E-state index is 14.1. The molecule has 1 saturated heterocycles. The van der Waals surface area contributed by atoms with E-state index in [0.29, 0.717) is 24.2 Å². The Morgan fingerprint density at radius 3 is 2.64 bits per heavy atom. The summed E-state index contributed by atoms with van der Waals surface area (Å²) in [7, 11) is -4.03. The second-order valence-corrected chi connectivity index (χ2v) is 7.68. The van der Waals surface area contributed by atoms with Gasteiger partial charge in [-0.2, -0.15) is 4.31 Å². The topological polar surface area (TPSA) is 49.4 Å². The summed E-state index contributed by atoms with van der Waals surface area (Å²) in [6.07, 6.45) is 0. The molecule has 0 bridgehead atoms. The summed E-state index contributed by atoms with van der Waals surface area (Å²) < 4.78 is 54.9. The zero-order valence-electron chi connectivity index (χ0n) is 13.6. The molecule has 3 rings (SSSR count). The molecule has 2 aromatic carbocycles. The lowest BCUT2D eigenvalue weighted by atomic mass is 10.1. The van der Waals surface area contributed by atoms with Crippen molar-refractivity contribution in [1.82, 2.24) is 9.62 Å². The zero-order chi connectivity index (χ0) is 17.3. The maximum Gasteiger partial charge on any atom is 0.246 e. The van der Waals surface area contributed by atoms with Gasteiger partial charge in [0.05, 0.1) is 6.04 Å². The van der Waals surface area contributed by atoms with Crippen LogP contribution in [0.4, 0.5) is 8.78 Å². The van der Waals surface area contributed by atoms with Gasteiger partial charge in [-0.3, -0.25) is 0 Å². The van der Waals surface area contributed by atoms with Crippen molar-refractivity contribution in [2.24, 2.45) is 0 Å². The van der Waals surface area contributed by atoms with Crippen LogP contribution in [-0.2, 0) is 10.0 Å². The zero-order valence-corrected chi connectivity index (χ0v) is 15.2. The van der Waals surface area contributed by atoms with E-state index in [9.17, 15) is 17.2 Å². The molecule has 0 radical (unpaired) electrons. The van der Waals surface area contributed by atoms with Crippen molar-refractivity contribution in [3.8, 4) is 0 Å². The summed E-state index contributed by atoms with van der Waals surface area (Å²) in [5.74, 6) is -1.21. The quantitative estimate of drug-likeness (QED) is 0.879. The van der Waals surface area contributed by atoms with Crippen LogP contribution in [0.2, 0.25) is 0 Å². The summed E-state index contributed by atoms with van der Waals surface area (Å²) >= 11 is 0. The van der Waals surface area contributed by atoms with Crippen LogP contribution in [0.15, 0.2) is 47.4 Å². The molecule has 136 valence electrons. The Hall–Kier alpha value is -1.54. The SMILES string of the molecule is Cc1ccc(F)c(S(=O)(=O)N2CCNCC2c2cccc(F)c2)c1.Cl. The largest absolute Gasteiger partial charge is 0.313 e. The van der Waals surface area contributed by atoms with Crippen molar-refractivity contribution in [3.05, 3.63) is 65.2 Å². The molecule has 1 heterocycles. The third kappa shape index (κ3) is 4.00. The summed E-state index contributed by atoms with van der Waals surface area (Å²) in [6.45, 7) is 2.70. The van der Waals surface area contributed by atoms with Gasteiger partial charge in [0.15, 0.2) is 0 Å². The molecule has 0 spiro atoms. The molecule has 1 fully saturated rings. The van der Waals surface area contributed by atoms with E-state index in [-0.39, 0.29) is 23.8 Å². The molecule has 0 amide bonds. The number of hydrogen-bond donors (Lipinski definition) is 1. The molecule has 1 aliphatic rings. The number of hydrogen-bond acceptors (Lipinski definition) is 3. The van der Waals surface area contributed by atoms with Gasteiger partial charge in [0.1, 0.15) is 16.5 Å². The molecular formula is C17H19ClF2N2O2S. The minimum Gasteiger partial charge on any atom is -0.313 e. The molecule has 1 atom stereocenters. The Morgan fingerprint density at radius 2 is 1.92 bits per heavy atom. The first-order valence-corrected chi connectivity index (χ1v) is 9.08. The van der Waals surface area contributed by atoms with E-state index in [1.54, 1.807) is 13.0 Å². The molecule has 1 unspecified atom stereocenters. The van der Waals surface area contributed by atoms with Crippen LogP contribution in [0.1, 0.15) is 17.2 Å². The lowest BCUT2D eigenvalue weighted by Crippen LogP contribution is -2.48. The Labute approximate surface area is 152 Å². The van der Waals surface area contributed by atoms with E-state index in [4.69, 9.17) is 0 Å². The lowest BCUT2D eigenvalue weighted by molar-refractivity contribution is 0.270. The average Bonchev–Trinajstić information content (AvgIpc) is 2.57. The molecule has 4 nitrogen and oxygen atoms in total. The van der Waals surface area contributed by atoms with Gasteiger partial charge in [0, 0.05) is 19.6 Å². The lowest BCUT2D eigenvalue weighted by Gasteiger charge is -2.35. The Balaban J connectivity index is 0.00000225. The van der Waals surface area contributed by atoms with E-state index in [1.807, 2.05) is 0 Å². The number of nitrogens with zero attached hydrogens (tertiary/aromatic N) is 1. The van der Waals surface area contributed by atoms with Gasteiger partial charge in [-0.15, -0.1) is 12.4 Å². The molecule has 25 heavy (non-hydrogen) atoms. The summed E-state index contributed by atoms with van der Waals surface area (Å²) in [5, 5.41) is 3.11. The van der Waals surface area contributed by atoms with E-state index >= 15 is 0 Å². The molecule has 0 saturated carbocycles. The third-order valence-corrected chi connectivity index (χ3v) is 6.02. The number of sulfonamides is 1. The predicted molar refractivity (Wildman–Crippen MR) is 94.3 cm³/mol. The number of halogens is 3. The van der Waals surface area contributed by atoms with Gasteiger partial charge in [-0.1, -0.05) is 18.2 Å². The molecule has 8 heteroatoms. The third-order valence-electron chi connectivity index (χ3n) is 4.10. The monoisotopic (exact) mass is 388 g/mol. The predicted octanol–water partition coefficient (Wildman–Crippen LogP) is 3.03. The number of piperazine rings is 1. The first kappa shape index (κ1) is 19.8. The van der Waals surface area contributed by atoms with Crippen molar-refractivity contribution in [2.45, 2.75) is 17.9 Å². The van der Waals surface area contributed by atoms with E-state index in [1.165, 1.54) is 34.6 Å².